The molecule has 3 aromatic heterocycles. The van der Waals surface area contributed by atoms with E-state index in [1.165, 1.54) is 49.6 Å². The van der Waals surface area contributed by atoms with E-state index in [4.69, 9.17) is 9.47 Å². The molecule has 356 valence electrons. The van der Waals surface area contributed by atoms with Crippen LogP contribution in [0.2, 0.25) is 0 Å². The monoisotopic (exact) mass is 938 g/mol. The second kappa shape index (κ2) is 18.3. The van der Waals surface area contributed by atoms with Crippen molar-refractivity contribution in [2.75, 3.05) is 50.1 Å². The lowest BCUT2D eigenvalue weighted by Crippen LogP contribution is -2.63. The first-order valence-electron chi connectivity index (χ1n) is 23.3. The van der Waals surface area contributed by atoms with Crippen molar-refractivity contribution in [1.29, 1.82) is 0 Å². The fraction of sp³-hybridized carbons (Fsp3) is 0.490. The van der Waals surface area contributed by atoms with Gasteiger partial charge >= 0.3 is 5.69 Å². The fourth-order valence-electron chi connectivity index (χ4n) is 10.9. The average molecular weight is 939 g/mol. The lowest BCUT2D eigenvalue weighted by Gasteiger charge is -2.57. The van der Waals surface area contributed by atoms with Crippen molar-refractivity contribution in [1.82, 2.24) is 24.6 Å². The van der Waals surface area contributed by atoms with Gasteiger partial charge in [-0.05, 0) is 105 Å². The number of ether oxygens (including phenoxy) is 2. The van der Waals surface area contributed by atoms with Crippen LogP contribution in [-0.2, 0) is 10.0 Å². The fourth-order valence-corrected chi connectivity index (χ4v) is 11.8. The number of benzene rings is 2. The number of anilines is 2. The topological polar surface area (TPSA) is 205 Å². The van der Waals surface area contributed by atoms with Crippen LogP contribution in [-0.4, -0.2) is 95.7 Å². The van der Waals surface area contributed by atoms with E-state index in [0.717, 1.165) is 63.2 Å². The third-order valence-corrected chi connectivity index (χ3v) is 16.0. The summed E-state index contributed by atoms with van der Waals surface area (Å²) >= 11 is 0. The van der Waals surface area contributed by atoms with Gasteiger partial charge in [0.25, 0.3) is 21.8 Å². The number of halogens is 1. The van der Waals surface area contributed by atoms with Gasteiger partial charge in [-0.15, -0.1) is 0 Å². The average Bonchev–Trinajstić information content (AvgIpc) is 3.93. The second-order valence-electron chi connectivity index (χ2n) is 19.6. The van der Waals surface area contributed by atoms with Gasteiger partial charge in [-0.25, -0.2) is 22.5 Å². The lowest BCUT2D eigenvalue weighted by molar-refractivity contribution is -0.384. The highest BCUT2D eigenvalue weighted by atomic mass is 32.2. The lowest BCUT2D eigenvalue weighted by atomic mass is 9.70. The number of fused-ring (bicyclic) bond motifs is 1. The van der Waals surface area contributed by atoms with Crippen LogP contribution in [0, 0.1) is 27.3 Å². The number of nitrogens with zero attached hydrogens (tertiary/aromatic N) is 5. The number of rotatable bonds is 14. The van der Waals surface area contributed by atoms with E-state index >= 15 is 0 Å². The molecular formula is C49H59FN8O8S. The summed E-state index contributed by atoms with van der Waals surface area (Å²) in [7, 11) is -3.35. The molecular weight excluding hydrogens is 880 g/mol. The number of hydrogen-bond acceptors (Lipinski definition) is 13. The number of methoxy groups -OCH3 is 1. The van der Waals surface area contributed by atoms with Crippen molar-refractivity contribution in [2.45, 2.75) is 107 Å². The van der Waals surface area contributed by atoms with E-state index in [1.807, 2.05) is 4.72 Å². The number of sulfonamides is 1. The summed E-state index contributed by atoms with van der Waals surface area (Å²) in [5, 5.41) is 25.6. The molecule has 4 fully saturated rings. The zero-order valence-electron chi connectivity index (χ0n) is 38.4. The number of carbonyl (C=O) groups excluding carboxylic acids is 1. The minimum atomic E-state index is -4.72. The summed E-state index contributed by atoms with van der Waals surface area (Å²) in [6.45, 7) is 10.3. The normalized spacial score (nSPS) is 23.0. The smallest absolute Gasteiger partial charge is 0.312 e. The second-order valence-corrected chi connectivity index (χ2v) is 21.3. The number of amides is 1. The molecule has 2 aromatic carbocycles. The van der Waals surface area contributed by atoms with E-state index in [1.54, 1.807) is 19.1 Å². The number of aromatic nitrogens is 3. The molecule has 5 aromatic rings. The molecule has 2 aliphatic heterocycles. The SMILES string of the molecule is COc1nc2[nH]cc(F)c2cc1Oc1cc(N2CCC3(CC2)CN([C@@H]2CCC[C@@H]2c2ccccc2C(C)C)C3)ccc1C(=O)NS(=O)(=O)c1cnc(NCC2CCC(C)(O)CC2)c([N+](=O)[O-])c1. The maximum atomic E-state index is 14.8. The van der Waals surface area contributed by atoms with Gasteiger partial charge in [0, 0.05) is 68.8 Å². The summed E-state index contributed by atoms with van der Waals surface area (Å²) in [5.74, 6) is -0.678. The van der Waals surface area contributed by atoms with E-state index in [2.05, 4.69) is 68.2 Å². The number of aromatic amines is 1. The van der Waals surface area contributed by atoms with E-state index in [9.17, 15) is 32.8 Å². The van der Waals surface area contributed by atoms with Crippen molar-refractivity contribution in [3.63, 3.8) is 0 Å². The predicted octanol–water partition coefficient (Wildman–Crippen LogP) is 8.64. The summed E-state index contributed by atoms with van der Waals surface area (Å²) < 4.78 is 56.2. The van der Waals surface area contributed by atoms with Gasteiger partial charge in [0.2, 0.25) is 5.82 Å². The van der Waals surface area contributed by atoms with Gasteiger partial charge < -0.3 is 29.8 Å². The molecule has 0 unspecified atom stereocenters. The molecule has 67 heavy (non-hydrogen) atoms. The van der Waals surface area contributed by atoms with Crippen molar-refractivity contribution >= 4 is 44.2 Å². The highest BCUT2D eigenvalue weighted by molar-refractivity contribution is 7.90. The number of aliphatic hydroxyl groups is 1. The van der Waals surface area contributed by atoms with Crippen LogP contribution < -0.4 is 24.4 Å². The predicted molar refractivity (Wildman–Crippen MR) is 252 cm³/mol. The third kappa shape index (κ3) is 9.52. The van der Waals surface area contributed by atoms with Crippen LogP contribution in [0.5, 0.6) is 17.4 Å². The number of likely N-dealkylation sites (tertiary alicyclic amines) is 1. The number of hydrogen-bond donors (Lipinski definition) is 4. The Hall–Kier alpha value is -5.85. The van der Waals surface area contributed by atoms with Gasteiger partial charge in [-0.3, -0.25) is 19.8 Å². The molecule has 4 N–H and O–H groups in total. The molecule has 2 atom stereocenters. The molecule has 1 amide bonds. The minimum Gasteiger partial charge on any atom is -0.478 e. The maximum absolute atomic E-state index is 14.8. The van der Waals surface area contributed by atoms with E-state index in [-0.39, 0.29) is 51.1 Å². The first-order valence-corrected chi connectivity index (χ1v) is 24.8. The zero-order chi connectivity index (χ0) is 47.3. The van der Waals surface area contributed by atoms with E-state index in [0.29, 0.717) is 50.1 Å². The van der Waals surface area contributed by atoms with Crippen LogP contribution in [0.15, 0.2) is 71.9 Å². The van der Waals surface area contributed by atoms with Gasteiger partial charge in [-0.2, -0.15) is 4.98 Å². The summed E-state index contributed by atoms with van der Waals surface area (Å²) in [5.41, 5.74) is 2.62. The standard InChI is InChI=1S/C49H59FN8O8S/c1-30(2)34-8-5-6-9-35(34)36-10-7-11-40(36)57-28-49(29-57)18-20-56(21-19-49)32-12-13-37(42(22-32)66-43-24-38-39(50)27-53-44(38)54-47(43)65-4)46(59)55-67(63,64)33-23-41(58(61)62)45(52-26-33)51-25-31-14-16-48(3,60)17-15-31/h5-6,8-9,12-13,22-24,26-27,30-31,36,40,60H,7,10-11,14-21,25,28-29H2,1-4H3,(H,51,52)(H,53,54)(H,55,59)/t31?,36-,40-,48?/m1/s1. The van der Waals surface area contributed by atoms with Crippen LogP contribution >= 0.6 is 0 Å². The highest BCUT2D eigenvalue weighted by Crippen LogP contribution is 2.49. The van der Waals surface area contributed by atoms with Gasteiger partial charge in [-0.1, -0.05) is 44.5 Å². The van der Waals surface area contributed by atoms with Crippen LogP contribution in [0.1, 0.15) is 112 Å². The quantitative estimate of drug-likeness (QED) is 0.0609. The van der Waals surface area contributed by atoms with Crippen molar-refractivity contribution in [3.05, 3.63) is 99.6 Å². The molecule has 16 nitrogen and oxygen atoms in total. The Morgan fingerprint density at radius 3 is 2.51 bits per heavy atom. The number of piperidine rings is 1. The van der Waals surface area contributed by atoms with Crippen LogP contribution in [0.4, 0.5) is 21.6 Å². The Kier molecular flexibility index (Phi) is 12.7. The number of pyridine rings is 2. The molecule has 2 saturated heterocycles. The zero-order valence-corrected chi connectivity index (χ0v) is 39.2. The Balaban J connectivity index is 0.927. The molecule has 2 aliphatic carbocycles. The first kappa shape index (κ1) is 46.3. The van der Waals surface area contributed by atoms with Crippen LogP contribution in [0.25, 0.3) is 11.0 Å². The molecule has 18 heteroatoms. The Morgan fingerprint density at radius 1 is 1.04 bits per heavy atom. The van der Waals surface area contributed by atoms with E-state index < -0.39 is 42.9 Å². The summed E-state index contributed by atoms with van der Waals surface area (Å²) in [6, 6.07) is 16.6. The number of H-pyrrole nitrogens is 1. The first-order chi connectivity index (χ1) is 32.0. The van der Waals surface area contributed by atoms with Gasteiger partial charge in [0.15, 0.2) is 5.75 Å². The molecule has 1 spiro atoms. The molecule has 9 rings (SSSR count). The third-order valence-electron chi connectivity index (χ3n) is 14.7. The maximum Gasteiger partial charge on any atom is 0.312 e. The highest BCUT2D eigenvalue weighted by Gasteiger charge is 2.49. The number of nitrogens with one attached hydrogen (secondary N) is 3. The molecule has 0 bridgehead atoms. The van der Waals surface area contributed by atoms with Crippen molar-refractivity contribution in [2.24, 2.45) is 11.3 Å². The van der Waals surface area contributed by atoms with Crippen molar-refractivity contribution in [3.8, 4) is 17.4 Å². The van der Waals surface area contributed by atoms with Gasteiger partial charge in [0.05, 0.1) is 34.8 Å². The molecule has 0 radical (unpaired) electrons. The Labute approximate surface area is 389 Å². The molecule has 4 aliphatic rings. The summed E-state index contributed by atoms with van der Waals surface area (Å²) in [4.78, 5) is 41.0. The Bertz CT molecular complexity index is 2770. The summed E-state index contributed by atoms with van der Waals surface area (Å²) in [6.07, 6.45) is 10.3. The molecule has 2 saturated carbocycles. The van der Waals surface area contributed by atoms with Crippen molar-refractivity contribution < 1.29 is 37.1 Å². The Morgan fingerprint density at radius 2 is 1.79 bits per heavy atom. The van der Waals surface area contributed by atoms with Gasteiger partial charge in [0.1, 0.15) is 22.1 Å². The number of carbonyl (C=O) groups is 1. The largest absolute Gasteiger partial charge is 0.478 e. The van der Waals surface area contributed by atoms with Crippen LogP contribution in [0.3, 0.4) is 0 Å². The molecule has 5 heterocycles. The number of nitro groups is 1. The minimum absolute atomic E-state index is 0.00665.